The number of hydrazone groups is 1. The summed E-state index contributed by atoms with van der Waals surface area (Å²) in [5.41, 5.74) is 3.82. The van der Waals surface area contributed by atoms with E-state index in [2.05, 4.69) is 31.8 Å². The van der Waals surface area contributed by atoms with Gasteiger partial charge in [0.15, 0.2) is 0 Å². The van der Waals surface area contributed by atoms with Crippen LogP contribution in [-0.4, -0.2) is 18.0 Å². The first-order chi connectivity index (χ1) is 10.0. The third-order valence-corrected chi connectivity index (χ3v) is 4.03. The van der Waals surface area contributed by atoms with Gasteiger partial charge in [-0.3, -0.25) is 9.59 Å². The number of nitrogens with one attached hydrogen (secondary N) is 2. The molecule has 0 bridgehead atoms. The van der Waals surface area contributed by atoms with E-state index >= 15 is 0 Å². The fourth-order valence-electron chi connectivity index (χ4n) is 1.43. The molecule has 2 rings (SSSR count). The largest absolute Gasteiger partial charge is 0.329 e. The fourth-order valence-corrected chi connectivity index (χ4v) is 2.72. The molecule has 0 aliphatic carbocycles. The molecular formula is C14H12BrN3O2S. The predicted molar refractivity (Wildman–Crippen MR) is 87.6 cm³/mol. The van der Waals surface area contributed by atoms with Crippen LogP contribution in [0.5, 0.6) is 0 Å². The molecule has 7 heteroatoms. The summed E-state index contributed by atoms with van der Waals surface area (Å²) < 4.78 is 0.965. The minimum Gasteiger partial charge on any atom is -0.318 e. The number of hydrogen-bond acceptors (Lipinski definition) is 4. The van der Waals surface area contributed by atoms with Crippen molar-refractivity contribution in [1.29, 1.82) is 0 Å². The van der Waals surface area contributed by atoms with Crippen molar-refractivity contribution < 1.29 is 9.59 Å². The number of amides is 2. The lowest BCUT2D eigenvalue weighted by molar-refractivity contribution is -0.136. The number of benzene rings is 1. The zero-order valence-electron chi connectivity index (χ0n) is 11.1. The maximum absolute atomic E-state index is 11.6. The molecule has 2 amide bonds. The Morgan fingerprint density at radius 3 is 2.48 bits per heavy atom. The molecule has 0 atom stereocenters. The van der Waals surface area contributed by atoms with Crippen molar-refractivity contribution >= 4 is 51.0 Å². The Labute approximate surface area is 134 Å². The molecule has 0 saturated heterocycles. The van der Waals surface area contributed by atoms with Gasteiger partial charge in [0.05, 0.1) is 10.0 Å². The van der Waals surface area contributed by atoms with Gasteiger partial charge < -0.3 is 5.32 Å². The molecule has 2 aromatic rings. The smallest absolute Gasteiger partial charge is 0.318 e. The van der Waals surface area contributed by atoms with Crippen molar-refractivity contribution in [2.75, 3.05) is 5.32 Å². The summed E-state index contributed by atoms with van der Waals surface area (Å²) in [5.74, 6) is -1.58. The average Bonchev–Trinajstić information content (AvgIpc) is 2.87. The van der Waals surface area contributed by atoms with Crippen LogP contribution in [-0.2, 0) is 9.59 Å². The summed E-state index contributed by atoms with van der Waals surface area (Å²) in [6, 6.07) is 10.9. The summed E-state index contributed by atoms with van der Waals surface area (Å²) in [6.07, 6.45) is 1.48. The minimum atomic E-state index is -0.817. The number of hydrogen-bond donors (Lipinski definition) is 2. The Morgan fingerprint density at radius 2 is 1.86 bits per heavy atom. The van der Waals surface area contributed by atoms with Gasteiger partial charge in [0.2, 0.25) is 0 Å². The first kappa shape index (κ1) is 15.4. The van der Waals surface area contributed by atoms with E-state index < -0.39 is 11.8 Å². The van der Waals surface area contributed by atoms with Crippen LogP contribution >= 0.6 is 27.3 Å². The van der Waals surface area contributed by atoms with Gasteiger partial charge in [-0.05, 0) is 47.1 Å². The Kier molecular flexibility index (Phi) is 5.24. The van der Waals surface area contributed by atoms with Gasteiger partial charge in [0, 0.05) is 10.6 Å². The standard InChI is InChI=1S/C14H12BrN3O2S/c1-9-2-4-10(5-3-9)17-13(19)14(20)18-16-8-11-6-7-12(15)21-11/h2-8H,1H3,(H,17,19)(H,18,20)/b16-8-. The van der Waals surface area contributed by atoms with Crippen LogP contribution in [0.25, 0.3) is 0 Å². The molecule has 0 saturated carbocycles. The summed E-state index contributed by atoms with van der Waals surface area (Å²) >= 11 is 4.79. The van der Waals surface area contributed by atoms with E-state index in [0.29, 0.717) is 5.69 Å². The van der Waals surface area contributed by atoms with E-state index in [1.165, 1.54) is 17.6 Å². The van der Waals surface area contributed by atoms with Crippen molar-refractivity contribution in [3.05, 3.63) is 50.6 Å². The van der Waals surface area contributed by atoms with Crippen molar-refractivity contribution in [3.63, 3.8) is 0 Å². The number of halogens is 1. The molecule has 1 heterocycles. The Hall–Kier alpha value is -1.99. The molecule has 0 fully saturated rings. The van der Waals surface area contributed by atoms with E-state index in [-0.39, 0.29) is 0 Å². The average molecular weight is 366 g/mol. The van der Waals surface area contributed by atoms with E-state index in [4.69, 9.17) is 0 Å². The second-order valence-corrected chi connectivity index (χ2v) is 6.66. The van der Waals surface area contributed by atoms with Crippen LogP contribution in [0.3, 0.4) is 0 Å². The molecule has 108 valence electrons. The second kappa shape index (κ2) is 7.14. The molecule has 5 nitrogen and oxygen atoms in total. The molecule has 2 N–H and O–H groups in total. The van der Waals surface area contributed by atoms with E-state index in [0.717, 1.165) is 14.2 Å². The molecule has 1 aromatic carbocycles. The van der Waals surface area contributed by atoms with Gasteiger partial charge >= 0.3 is 11.8 Å². The first-order valence-electron chi connectivity index (χ1n) is 6.01. The molecule has 21 heavy (non-hydrogen) atoms. The molecule has 0 spiro atoms. The highest BCUT2D eigenvalue weighted by Crippen LogP contribution is 2.20. The lowest BCUT2D eigenvalue weighted by Crippen LogP contribution is -2.32. The minimum absolute atomic E-state index is 0.562. The second-order valence-electron chi connectivity index (χ2n) is 4.16. The highest BCUT2D eigenvalue weighted by molar-refractivity contribution is 9.11. The van der Waals surface area contributed by atoms with E-state index in [9.17, 15) is 9.59 Å². The molecule has 0 aliphatic rings. The van der Waals surface area contributed by atoms with Crippen molar-refractivity contribution in [3.8, 4) is 0 Å². The number of rotatable bonds is 3. The van der Waals surface area contributed by atoms with E-state index in [1.54, 1.807) is 12.1 Å². The predicted octanol–water partition coefficient (Wildman–Crippen LogP) is 2.91. The number of carbonyl (C=O) groups is 2. The SMILES string of the molecule is Cc1ccc(NC(=O)C(=O)N/N=C\c2ccc(Br)s2)cc1. The summed E-state index contributed by atoms with van der Waals surface area (Å²) in [7, 11) is 0. The highest BCUT2D eigenvalue weighted by Gasteiger charge is 2.12. The molecule has 0 unspecified atom stereocenters. The number of anilines is 1. The van der Waals surface area contributed by atoms with Crippen LogP contribution in [0.15, 0.2) is 45.3 Å². The maximum Gasteiger partial charge on any atom is 0.329 e. The lowest BCUT2D eigenvalue weighted by atomic mass is 10.2. The van der Waals surface area contributed by atoms with Gasteiger partial charge in [0.1, 0.15) is 0 Å². The zero-order valence-corrected chi connectivity index (χ0v) is 13.5. The Balaban J connectivity index is 1.86. The van der Waals surface area contributed by atoms with Gasteiger partial charge in [-0.1, -0.05) is 17.7 Å². The Bertz CT molecular complexity index is 680. The first-order valence-corrected chi connectivity index (χ1v) is 7.62. The monoisotopic (exact) mass is 365 g/mol. The van der Waals surface area contributed by atoms with Gasteiger partial charge in [-0.15, -0.1) is 11.3 Å². The van der Waals surface area contributed by atoms with Gasteiger partial charge in [-0.25, -0.2) is 5.43 Å². The third kappa shape index (κ3) is 4.80. The molecule has 0 radical (unpaired) electrons. The zero-order chi connectivity index (χ0) is 15.2. The molecular weight excluding hydrogens is 354 g/mol. The van der Waals surface area contributed by atoms with Crippen molar-refractivity contribution in [2.24, 2.45) is 5.10 Å². The van der Waals surface area contributed by atoms with Crippen LogP contribution in [0.2, 0.25) is 0 Å². The Morgan fingerprint density at radius 1 is 1.14 bits per heavy atom. The molecule has 1 aromatic heterocycles. The van der Waals surface area contributed by atoms with Crippen LogP contribution in [0.4, 0.5) is 5.69 Å². The summed E-state index contributed by atoms with van der Waals surface area (Å²) in [4.78, 5) is 24.1. The quantitative estimate of drug-likeness (QED) is 0.498. The van der Waals surface area contributed by atoms with Crippen molar-refractivity contribution in [2.45, 2.75) is 6.92 Å². The van der Waals surface area contributed by atoms with Gasteiger partial charge in [-0.2, -0.15) is 5.10 Å². The van der Waals surface area contributed by atoms with Crippen LogP contribution in [0.1, 0.15) is 10.4 Å². The van der Waals surface area contributed by atoms with Crippen LogP contribution < -0.4 is 10.7 Å². The summed E-state index contributed by atoms with van der Waals surface area (Å²) in [6.45, 7) is 1.94. The van der Waals surface area contributed by atoms with Crippen molar-refractivity contribution in [1.82, 2.24) is 5.43 Å². The lowest BCUT2D eigenvalue weighted by Gasteiger charge is -2.03. The van der Waals surface area contributed by atoms with E-state index in [1.807, 2.05) is 31.2 Å². The summed E-state index contributed by atoms with van der Waals surface area (Å²) in [5, 5.41) is 6.23. The normalized spacial score (nSPS) is 10.6. The molecule has 0 aliphatic heterocycles. The van der Waals surface area contributed by atoms with Crippen LogP contribution in [0, 0.1) is 6.92 Å². The van der Waals surface area contributed by atoms with Gasteiger partial charge in [0.25, 0.3) is 0 Å². The topological polar surface area (TPSA) is 70.6 Å². The fraction of sp³-hybridized carbons (Fsp3) is 0.0714. The number of thiophene rings is 1. The third-order valence-electron chi connectivity index (χ3n) is 2.47. The highest BCUT2D eigenvalue weighted by atomic mass is 79.9. The number of carbonyl (C=O) groups excluding carboxylic acids is 2. The number of nitrogens with zero attached hydrogens (tertiary/aromatic N) is 1. The number of aryl methyl sites for hydroxylation is 1. The maximum atomic E-state index is 11.6.